The molecule has 0 aliphatic heterocycles. The predicted molar refractivity (Wildman–Crippen MR) is 97.4 cm³/mol. The fourth-order valence-electron chi connectivity index (χ4n) is 2.32. The minimum absolute atomic E-state index is 0.207. The number of primary amides is 1. The number of benzene rings is 2. The summed E-state index contributed by atoms with van der Waals surface area (Å²) in [6, 6.07) is 19.9. The van der Waals surface area contributed by atoms with E-state index in [1.807, 2.05) is 48.5 Å². The summed E-state index contributed by atoms with van der Waals surface area (Å²) in [6.07, 6.45) is 0. The lowest BCUT2D eigenvalue weighted by atomic mass is 9.99. The van der Waals surface area contributed by atoms with Crippen molar-refractivity contribution in [1.82, 2.24) is 0 Å². The van der Waals surface area contributed by atoms with Gasteiger partial charge in [-0.05, 0) is 29.3 Å². The highest BCUT2D eigenvalue weighted by Crippen LogP contribution is 2.28. The summed E-state index contributed by atoms with van der Waals surface area (Å²) in [6.45, 7) is 0. The summed E-state index contributed by atoms with van der Waals surface area (Å²) in [5.74, 6) is -0.207. The van der Waals surface area contributed by atoms with Crippen molar-refractivity contribution in [3.63, 3.8) is 0 Å². The van der Waals surface area contributed by atoms with E-state index in [9.17, 15) is 9.59 Å². The molecule has 3 amide bonds. The van der Waals surface area contributed by atoms with Gasteiger partial charge in [-0.3, -0.25) is 10.1 Å². The first-order valence-electron chi connectivity index (χ1n) is 7.25. The van der Waals surface area contributed by atoms with E-state index < -0.39 is 6.03 Å². The van der Waals surface area contributed by atoms with Crippen molar-refractivity contribution in [2.24, 2.45) is 5.73 Å². The van der Waals surface area contributed by atoms with Crippen molar-refractivity contribution in [2.75, 3.05) is 10.6 Å². The van der Waals surface area contributed by atoms with E-state index in [1.165, 1.54) is 11.3 Å². The molecule has 1 heterocycles. The smallest absolute Gasteiger partial charge is 0.317 e. The number of nitrogens with two attached hydrogens (primary N) is 1. The van der Waals surface area contributed by atoms with Gasteiger partial charge < -0.3 is 11.1 Å². The van der Waals surface area contributed by atoms with E-state index in [2.05, 4.69) is 10.6 Å². The molecule has 3 aromatic rings. The first-order chi connectivity index (χ1) is 11.6. The van der Waals surface area contributed by atoms with Gasteiger partial charge in [-0.25, -0.2) is 4.79 Å². The Bertz CT molecular complexity index is 875. The van der Waals surface area contributed by atoms with E-state index in [0.29, 0.717) is 15.6 Å². The summed E-state index contributed by atoms with van der Waals surface area (Å²) in [5.41, 5.74) is 7.51. The van der Waals surface area contributed by atoms with Gasteiger partial charge in [-0.1, -0.05) is 48.5 Å². The van der Waals surface area contributed by atoms with Crippen molar-refractivity contribution in [3.8, 4) is 11.1 Å². The van der Waals surface area contributed by atoms with Gasteiger partial charge in [-0.2, -0.15) is 0 Å². The second-order valence-corrected chi connectivity index (χ2v) is 6.10. The fraction of sp³-hybridized carbons (Fsp3) is 0. The highest BCUT2D eigenvalue weighted by molar-refractivity contribution is 7.20. The number of nitrogens with one attached hydrogen (secondary N) is 2. The summed E-state index contributed by atoms with van der Waals surface area (Å²) in [5, 5.41) is 6.54. The van der Waals surface area contributed by atoms with Gasteiger partial charge >= 0.3 is 6.03 Å². The second kappa shape index (κ2) is 6.97. The van der Waals surface area contributed by atoms with Crippen LogP contribution in [0.25, 0.3) is 11.1 Å². The normalized spacial score (nSPS) is 10.2. The number of thiophene rings is 1. The fourth-order valence-corrected chi connectivity index (χ4v) is 3.13. The number of urea groups is 1. The minimum atomic E-state index is -0.635. The third-order valence-corrected chi connectivity index (χ3v) is 4.26. The maximum absolute atomic E-state index is 12.6. The molecule has 2 aromatic carbocycles. The molecule has 1 aromatic heterocycles. The first kappa shape index (κ1) is 15.8. The van der Waals surface area contributed by atoms with Crippen LogP contribution in [0.3, 0.4) is 0 Å². The van der Waals surface area contributed by atoms with Crippen molar-refractivity contribution < 1.29 is 9.59 Å². The maximum Gasteiger partial charge on any atom is 0.317 e. The molecule has 120 valence electrons. The average molecular weight is 337 g/mol. The predicted octanol–water partition coefficient (Wildman–Crippen LogP) is 4.16. The van der Waals surface area contributed by atoms with Gasteiger partial charge in [0.2, 0.25) is 0 Å². The van der Waals surface area contributed by atoms with Crippen LogP contribution in [-0.4, -0.2) is 11.9 Å². The third-order valence-electron chi connectivity index (χ3n) is 3.35. The van der Waals surface area contributed by atoms with Gasteiger partial charge in [0.25, 0.3) is 5.91 Å². The number of anilines is 2. The second-order valence-electron chi connectivity index (χ2n) is 5.02. The molecule has 0 bridgehead atoms. The Kier molecular flexibility index (Phi) is 4.58. The number of carbonyl (C=O) groups is 2. The Labute approximate surface area is 143 Å². The van der Waals surface area contributed by atoms with Crippen LogP contribution in [-0.2, 0) is 0 Å². The van der Waals surface area contributed by atoms with Crippen molar-refractivity contribution in [1.29, 1.82) is 0 Å². The first-order valence-corrected chi connectivity index (χ1v) is 8.07. The molecule has 3 rings (SSSR count). The number of rotatable bonds is 4. The van der Waals surface area contributed by atoms with E-state index in [4.69, 9.17) is 5.73 Å². The average Bonchev–Trinajstić information content (AvgIpc) is 3.01. The third kappa shape index (κ3) is 3.61. The zero-order valence-corrected chi connectivity index (χ0v) is 13.5. The Morgan fingerprint density at radius 2 is 1.42 bits per heavy atom. The number of hydrogen-bond acceptors (Lipinski definition) is 3. The van der Waals surface area contributed by atoms with Gasteiger partial charge in [0.1, 0.15) is 0 Å². The molecular formula is C18H15N3O2S. The van der Waals surface area contributed by atoms with Crippen LogP contribution in [0, 0.1) is 0 Å². The molecule has 0 radical (unpaired) electrons. The molecule has 0 spiro atoms. The highest BCUT2D eigenvalue weighted by Gasteiger charge is 2.13. The zero-order chi connectivity index (χ0) is 16.9. The summed E-state index contributed by atoms with van der Waals surface area (Å²) < 4.78 is 0. The lowest BCUT2D eigenvalue weighted by molar-refractivity contribution is 0.102. The molecule has 0 aliphatic rings. The van der Waals surface area contributed by atoms with Crippen LogP contribution < -0.4 is 16.4 Å². The standard InChI is InChI=1S/C18H15N3O2S/c19-18(23)21-16-11-10-15(24-16)20-17(22)14-9-5-4-8-13(14)12-6-2-1-3-7-12/h1-11H,(H,20,22)(H3,19,21,23). The molecule has 4 N–H and O–H groups in total. The Balaban J connectivity index is 1.83. The van der Waals surface area contributed by atoms with Crippen LogP contribution in [0.2, 0.25) is 0 Å². The van der Waals surface area contributed by atoms with Crippen molar-refractivity contribution in [3.05, 3.63) is 72.3 Å². The van der Waals surface area contributed by atoms with Crippen LogP contribution in [0.15, 0.2) is 66.7 Å². The summed E-state index contributed by atoms with van der Waals surface area (Å²) in [7, 11) is 0. The Morgan fingerprint density at radius 1 is 0.792 bits per heavy atom. The number of carbonyl (C=O) groups excluding carboxylic acids is 2. The summed E-state index contributed by atoms with van der Waals surface area (Å²) >= 11 is 1.24. The number of amides is 3. The lowest BCUT2D eigenvalue weighted by Crippen LogP contribution is -2.18. The van der Waals surface area contributed by atoms with Crippen LogP contribution >= 0.6 is 11.3 Å². The molecular weight excluding hydrogens is 322 g/mol. The highest BCUT2D eigenvalue weighted by atomic mass is 32.1. The molecule has 6 heteroatoms. The molecule has 0 aliphatic carbocycles. The van der Waals surface area contributed by atoms with Gasteiger partial charge in [0.15, 0.2) is 0 Å². The van der Waals surface area contributed by atoms with E-state index >= 15 is 0 Å². The maximum atomic E-state index is 12.6. The zero-order valence-electron chi connectivity index (χ0n) is 12.7. The Hall–Kier alpha value is -3.12. The van der Waals surface area contributed by atoms with Crippen LogP contribution in [0.4, 0.5) is 14.8 Å². The molecule has 0 atom stereocenters. The van der Waals surface area contributed by atoms with Crippen LogP contribution in [0.5, 0.6) is 0 Å². The minimum Gasteiger partial charge on any atom is -0.351 e. The van der Waals surface area contributed by atoms with Gasteiger partial charge in [0.05, 0.1) is 10.0 Å². The quantitative estimate of drug-likeness (QED) is 0.668. The molecule has 5 nitrogen and oxygen atoms in total. The summed E-state index contributed by atoms with van der Waals surface area (Å²) in [4.78, 5) is 23.5. The Morgan fingerprint density at radius 3 is 2.12 bits per heavy atom. The molecule has 0 fully saturated rings. The lowest BCUT2D eigenvalue weighted by Gasteiger charge is -2.09. The monoisotopic (exact) mass is 337 g/mol. The molecule has 24 heavy (non-hydrogen) atoms. The van der Waals surface area contributed by atoms with E-state index in [-0.39, 0.29) is 5.91 Å². The molecule has 0 unspecified atom stereocenters. The van der Waals surface area contributed by atoms with Crippen LogP contribution in [0.1, 0.15) is 10.4 Å². The molecule has 0 saturated carbocycles. The van der Waals surface area contributed by atoms with E-state index in [1.54, 1.807) is 18.2 Å². The SMILES string of the molecule is NC(=O)Nc1ccc(NC(=O)c2ccccc2-c2ccccc2)s1. The van der Waals surface area contributed by atoms with Crippen molar-refractivity contribution in [2.45, 2.75) is 0 Å². The van der Waals surface area contributed by atoms with Crippen molar-refractivity contribution >= 4 is 33.3 Å². The molecule has 0 saturated heterocycles. The topological polar surface area (TPSA) is 84.2 Å². The largest absolute Gasteiger partial charge is 0.351 e. The number of hydrogen-bond donors (Lipinski definition) is 3. The van der Waals surface area contributed by atoms with Gasteiger partial charge in [0, 0.05) is 5.56 Å². The van der Waals surface area contributed by atoms with Gasteiger partial charge in [-0.15, -0.1) is 11.3 Å². The van der Waals surface area contributed by atoms with E-state index in [0.717, 1.165) is 11.1 Å².